The maximum absolute atomic E-state index is 10.1. The summed E-state index contributed by atoms with van der Waals surface area (Å²) in [4.78, 5) is 0. The molecule has 3 nitrogen and oxygen atoms in total. The minimum Gasteiger partial charge on any atom is -0.504 e. The van der Waals surface area contributed by atoms with Crippen LogP contribution in [0.2, 0.25) is 0 Å². The maximum atomic E-state index is 10.1. The van der Waals surface area contributed by atoms with Crippen molar-refractivity contribution in [2.45, 2.75) is 25.7 Å². The molecule has 0 fully saturated rings. The molecule has 0 bridgehead atoms. The van der Waals surface area contributed by atoms with Crippen molar-refractivity contribution < 1.29 is 14.6 Å². The van der Waals surface area contributed by atoms with E-state index in [4.69, 9.17) is 21.1 Å². The molecule has 114 valence electrons. The SMILES string of the molecule is COc1cc(OCCCCCCCl)c2ccccc2c1O. The second-order valence-corrected chi connectivity index (χ2v) is 5.30. The summed E-state index contributed by atoms with van der Waals surface area (Å²) in [6, 6.07) is 9.37. The average Bonchev–Trinajstić information content (AvgIpc) is 2.53. The van der Waals surface area contributed by atoms with Crippen molar-refractivity contribution in [3.8, 4) is 17.2 Å². The number of benzene rings is 2. The molecule has 0 radical (unpaired) electrons. The zero-order valence-electron chi connectivity index (χ0n) is 12.3. The fourth-order valence-corrected chi connectivity index (χ4v) is 2.50. The van der Waals surface area contributed by atoms with Gasteiger partial charge < -0.3 is 14.6 Å². The molecule has 21 heavy (non-hydrogen) atoms. The quantitative estimate of drug-likeness (QED) is 0.566. The number of rotatable bonds is 8. The minimum absolute atomic E-state index is 0.155. The molecule has 0 aliphatic rings. The molecule has 0 saturated carbocycles. The van der Waals surface area contributed by atoms with Crippen molar-refractivity contribution in [2.24, 2.45) is 0 Å². The van der Waals surface area contributed by atoms with Gasteiger partial charge in [0.05, 0.1) is 13.7 Å². The lowest BCUT2D eigenvalue weighted by Gasteiger charge is -2.13. The lowest BCUT2D eigenvalue weighted by Crippen LogP contribution is -1.99. The van der Waals surface area contributed by atoms with E-state index >= 15 is 0 Å². The molecule has 0 heterocycles. The van der Waals surface area contributed by atoms with E-state index in [0.29, 0.717) is 12.4 Å². The summed E-state index contributed by atoms with van der Waals surface area (Å²) >= 11 is 5.65. The van der Waals surface area contributed by atoms with Gasteiger partial charge >= 0.3 is 0 Å². The van der Waals surface area contributed by atoms with E-state index in [2.05, 4.69) is 0 Å². The number of phenols is 1. The van der Waals surface area contributed by atoms with Crippen LogP contribution in [0.5, 0.6) is 17.2 Å². The molecule has 0 aliphatic carbocycles. The van der Waals surface area contributed by atoms with E-state index in [1.165, 1.54) is 0 Å². The van der Waals surface area contributed by atoms with Crippen molar-refractivity contribution >= 4 is 22.4 Å². The summed E-state index contributed by atoms with van der Waals surface area (Å²) in [7, 11) is 1.54. The van der Waals surface area contributed by atoms with Crippen LogP contribution in [0.25, 0.3) is 10.8 Å². The Morgan fingerprint density at radius 2 is 1.71 bits per heavy atom. The Bertz CT molecular complexity index is 584. The molecular formula is C17H21ClO3. The third-order valence-electron chi connectivity index (χ3n) is 3.45. The molecule has 0 aromatic heterocycles. The third kappa shape index (κ3) is 3.94. The highest BCUT2D eigenvalue weighted by Crippen LogP contribution is 2.40. The van der Waals surface area contributed by atoms with Gasteiger partial charge in [-0.1, -0.05) is 37.1 Å². The van der Waals surface area contributed by atoms with Crippen LogP contribution in [0, 0.1) is 0 Å². The number of fused-ring (bicyclic) bond motifs is 1. The molecule has 0 amide bonds. The van der Waals surface area contributed by atoms with Crippen LogP contribution >= 0.6 is 11.6 Å². The van der Waals surface area contributed by atoms with Gasteiger partial charge in [-0.2, -0.15) is 0 Å². The Labute approximate surface area is 130 Å². The fourth-order valence-electron chi connectivity index (χ4n) is 2.31. The van der Waals surface area contributed by atoms with Gasteiger partial charge in [-0.25, -0.2) is 0 Å². The van der Waals surface area contributed by atoms with E-state index in [1.807, 2.05) is 24.3 Å². The summed E-state index contributed by atoms with van der Waals surface area (Å²) in [5, 5.41) is 11.8. The lowest BCUT2D eigenvalue weighted by atomic mass is 10.1. The highest BCUT2D eigenvalue weighted by atomic mass is 35.5. The number of phenolic OH excluding ortho intramolecular Hbond substituents is 1. The summed E-state index contributed by atoms with van der Waals surface area (Å²) in [6.07, 6.45) is 4.29. The normalized spacial score (nSPS) is 10.8. The molecule has 1 N–H and O–H groups in total. The van der Waals surface area contributed by atoms with Gasteiger partial charge in [-0.3, -0.25) is 0 Å². The van der Waals surface area contributed by atoms with E-state index in [1.54, 1.807) is 13.2 Å². The van der Waals surface area contributed by atoms with Crippen LogP contribution < -0.4 is 9.47 Å². The molecule has 0 aliphatic heterocycles. The number of unbranched alkanes of at least 4 members (excludes halogenated alkanes) is 3. The number of hydrogen-bond donors (Lipinski definition) is 1. The highest BCUT2D eigenvalue weighted by Gasteiger charge is 2.12. The van der Waals surface area contributed by atoms with Crippen LogP contribution in [0.1, 0.15) is 25.7 Å². The summed E-state index contributed by atoms with van der Waals surface area (Å²) in [6.45, 7) is 0.653. The molecule has 0 atom stereocenters. The van der Waals surface area contributed by atoms with Crippen LogP contribution in [0.4, 0.5) is 0 Å². The van der Waals surface area contributed by atoms with E-state index in [-0.39, 0.29) is 5.75 Å². The predicted molar refractivity (Wildman–Crippen MR) is 86.8 cm³/mol. The standard InChI is InChI=1S/C17H21ClO3/c1-20-16-12-15(21-11-7-3-2-6-10-18)13-8-4-5-9-14(13)17(16)19/h4-5,8-9,12,19H,2-3,6-7,10-11H2,1H3. The number of ether oxygens (including phenoxy) is 2. The Kier molecular flexibility index (Phi) is 6.00. The first-order chi connectivity index (χ1) is 10.3. The summed E-state index contributed by atoms with van der Waals surface area (Å²) in [5.41, 5.74) is 0. The van der Waals surface area contributed by atoms with Gasteiger partial charge in [0.2, 0.25) is 0 Å². The van der Waals surface area contributed by atoms with Crippen molar-refractivity contribution in [3.05, 3.63) is 30.3 Å². The highest BCUT2D eigenvalue weighted by molar-refractivity contribution is 6.17. The molecule has 2 aromatic carbocycles. The smallest absolute Gasteiger partial charge is 0.165 e. The van der Waals surface area contributed by atoms with Gasteiger partial charge in [0.15, 0.2) is 11.5 Å². The van der Waals surface area contributed by atoms with Crippen LogP contribution in [0.15, 0.2) is 30.3 Å². The van der Waals surface area contributed by atoms with E-state index in [9.17, 15) is 5.11 Å². The van der Waals surface area contributed by atoms with Crippen LogP contribution in [0.3, 0.4) is 0 Å². The van der Waals surface area contributed by atoms with Crippen molar-refractivity contribution in [1.82, 2.24) is 0 Å². The van der Waals surface area contributed by atoms with Crippen molar-refractivity contribution in [3.63, 3.8) is 0 Å². The summed E-state index contributed by atoms with van der Waals surface area (Å²) < 4.78 is 11.1. The number of aromatic hydroxyl groups is 1. The number of methoxy groups -OCH3 is 1. The Hall–Kier alpha value is -1.61. The van der Waals surface area contributed by atoms with Gasteiger partial charge in [0.1, 0.15) is 5.75 Å². The topological polar surface area (TPSA) is 38.7 Å². The summed E-state index contributed by atoms with van der Waals surface area (Å²) in [5.74, 6) is 2.06. The predicted octanol–water partition coefficient (Wildman–Crippen LogP) is 4.73. The lowest BCUT2D eigenvalue weighted by molar-refractivity contribution is 0.305. The number of halogens is 1. The van der Waals surface area contributed by atoms with Gasteiger partial charge in [-0.15, -0.1) is 11.6 Å². The average molecular weight is 309 g/mol. The largest absolute Gasteiger partial charge is 0.504 e. The Morgan fingerprint density at radius 1 is 1.00 bits per heavy atom. The Balaban J connectivity index is 2.10. The van der Waals surface area contributed by atoms with Crippen molar-refractivity contribution in [1.29, 1.82) is 0 Å². The molecule has 0 unspecified atom stereocenters. The Morgan fingerprint density at radius 3 is 2.43 bits per heavy atom. The first-order valence-electron chi connectivity index (χ1n) is 7.25. The van der Waals surface area contributed by atoms with E-state index in [0.717, 1.165) is 48.1 Å². The minimum atomic E-state index is 0.155. The molecule has 2 rings (SSSR count). The number of alkyl halides is 1. The number of hydrogen-bond acceptors (Lipinski definition) is 3. The van der Waals surface area contributed by atoms with Gasteiger partial charge in [0.25, 0.3) is 0 Å². The maximum Gasteiger partial charge on any atom is 0.165 e. The molecule has 0 spiro atoms. The second-order valence-electron chi connectivity index (χ2n) is 4.92. The first kappa shape index (κ1) is 15.8. The van der Waals surface area contributed by atoms with E-state index < -0.39 is 0 Å². The monoisotopic (exact) mass is 308 g/mol. The fraction of sp³-hybridized carbons (Fsp3) is 0.412. The zero-order chi connectivity index (χ0) is 15.1. The van der Waals surface area contributed by atoms with Crippen LogP contribution in [-0.4, -0.2) is 24.7 Å². The molecule has 0 saturated heterocycles. The zero-order valence-corrected chi connectivity index (χ0v) is 13.0. The van der Waals surface area contributed by atoms with Crippen LogP contribution in [-0.2, 0) is 0 Å². The second kappa shape index (κ2) is 7.99. The molecule has 4 heteroatoms. The first-order valence-corrected chi connectivity index (χ1v) is 7.79. The van der Waals surface area contributed by atoms with Gasteiger partial charge in [-0.05, 0) is 12.8 Å². The molecular weight excluding hydrogens is 288 g/mol. The molecule has 2 aromatic rings. The van der Waals surface area contributed by atoms with Gasteiger partial charge in [0, 0.05) is 22.7 Å². The van der Waals surface area contributed by atoms with Crippen molar-refractivity contribution in [2.75, 3.05) is 19.6 Å². The third-order valence-corrected chi connectivity index (χ3v) is 3.72.